The number of carbonyl (C=O) groups excluding carboxylic acids is 1. The Hall–Kier alpha value is -3.41. The Morgan fingerprint density at radius 2 is 1.81 bits per heavy atom. The zero-order valence-electron chi connectivity index (χ0n) is 14.6. The van der Waals surface area contributed by atoms with E-state index < -0.39 is 4.92 Å². The zero-order valence-corrected chi connectivity index (χ0v) is 14.6. The van der Waals surface area contributed by atoms with Crippen molar-refractivity contribution >= 4 is 28.1 Å². The molecular formula is C20H19N3O3. The van der Waals surface area contributed by atoms with Gasteiger partial charge in [0.15, 0.2) is 0 Å². The van der Waals surface area contributed by atoms with Gasteiger partial charge in [-0.2, -0.15) is 0 Å². The van der Waals surface area contributed by atoms with Gasteiger partial charge < -0.3 is 10.2 Å². The fourth-order valence-corrected chi connectivity index (χ4v) is 2.93. The maximum atomic E-state index is 12.7. The van der Waals surface area contributed by atoms with Crippen molar-refractivity contribution in [3.05, 3.63) is 81.9 Å². The highest BCUT2D eigenvalue weighted by atomic mass is 16.6. The molecule has 3 rings (SSSR count). The summed E-state index contributed by atoms with van der Waals surface area (Å²) in [5.74, 6) is -0.342. The van der Waals surface area contributed by atoms with E-state index >= 15 is 0 Å². The molecule has 0 unspecified atom stereocenters. The number of fused-ring (bicyclic) bond motifs is 1. The number of non-ortho nitro benzene ring substituents is 1. The van der Waals surface area contributed by atoms with Crippen LogP contribution < -0.4 is 10.2 Å². The molecule has 0 spiro atoms. The summed E-state index contributed by atoms with van der Waals surface area (Å²) in [4.78, 5) is 25.0. The number of nitrogens with zero attached hydrogens (tertiary/aromatic N) is 2. The molecule has 0 aliphatic heterocycles. The lowest BCUT2D eigenvalue weighted by Gasteiger charge is -2.17. The number of rotatable bonds is 5. The van der Waals surface area contributed by atoms with Crippen molar-refractivity contribution in [1.29, 1.82) is 0 Å². The summed E-state index contributed by atoms with van der Waals surface area (Å²) in [5, 5.41) is 16.1. The highest BCUT2D eigenvalue weighted by molar-refractivity contribution is 6.00. The molecule has 6 nitrogen and oxygen atoms in total. The van der Waals surface area contributed by atoms with E-state index in [1.807, 2.05) is 42.5 Å². The summed E-state index contributed by atoms with van der Waals surface area (Å²) >= 11 is 0. The fourth-order valence-electron chi connectivity index (χ4n) is 2.93. The average molecular weight is 349 g/mol. The molecule has 0 aromatic heterocycles. The van der Waals surface area contributed by atoms with Gasteiger partial charge in [0.05, 0.1) is 10.5 Å². The van der Waals surface area contributed by atoms with Crippen molar-refractivity contribution < 1.29 is 9.72 Å². The molecule has 0 fully saturated rings. The Labute approximate surface area is 151 Å². The first-order chi connectivity index (χ1) is 12.5. The third kappa shape index (κ3) is 3.49. The topological polar surface area (TPSA) is 75.5 Å². The molecule has 26 heavy (non-hydrogen) atoms. The maximum Gasteiger partial charge on any atom is 0.270 e. The van der Waals surface area contributed by atoms with Gasteiger partial charge in [-0.1, -0.05) is 42.5 Å². The van der Waals surface area contributed by atoms with Crippen LogP contribution in [0.3, 0.4) is 0 Å². The molecule has 3 aromatic rings. The van der Waals surface area contributed by atoms with Gasteiger partial charge in [0.2, 0.25) is 0 Å². The molecule has 1 amide bonds. The smallest absolute Gasteiger partial charge is 0.270 e. The van der Waals surface area contributed by atoms with E-state index in [1.54, 1.807) is 25.1 Å². The predicted molar refractivity (Wildman–Crippen MR) is 103 cm³/mol. The number of anilines is 1. The molecule has 0 atom stereocenters. The van der Waals surface area contributed by atoms with Crippen molar-refractivity contribution in [2.45, 2.75) is 6.54 Å². The molecule has 3 aromatic carbocycles. The Morgan fingerprint density at radius 1 is 1.08 bits per heavy atom. The summed E-state index contributed by atoms with van der Waals surface area (Å²) in [7, 11) is 3.59. The van der Waals surface area contributed by atoms with Crippen molar-refractivity contribution in [3.8, 4) is 0 Å². The quantitative estimate of drug-likeness (QED) is 0.562. The van der Waals surface area contributed by atoms with Crippen LogP contribution in [0.4, 0.5) is 11.4 Å². The third-order valence-corrected chi connectivity index (χ3v) is 4.24. The highest BCUT2D eigenvalue weighted by Crippen LogP contribution is 2.24. The minimum atomic E-state index is -0.499. The van der Waals surface area contributed by atoms with Crippen molar-refractivity contribution in [3.63, 3.8) is 0 Å². The molecule has 0 heterocycles. The number of nitro groups is 1. The average Bonchev–Trinajstić information content (AvgIpc) is 2.65. The summed E-state index contributed by atoms with van der Waals surface area (Å²) < 4.78 is 0. The third-order valence-electron chi connectivity index (χ3n) is 4.24. The summed E-state index contributed by atoms with van der Waals surface area (Å²) in [6.07, 6.45) is 0. The van der Waals surface area contributed by atoms with Crippen molar-refractivity contribution in [1.82, 2.24) is 5.32 Å². The lowest BCUT2D eigenvalue weighted by atomic mass is 10.0. The van der Waals surface area contributed by atoms with E-state index in [4.69, 9.17) is 0 Å². The Balaban J connectivity index is 1.88. The number of amides is 1. The fraction of sp³-hybridized carbons (Fsp3) is 0.150. The van der Waals surface area contributed by atoms with Crippen molar-refractivity contribution in [2.24, 2.45) is 0 Å². The highest BCUT2D eigenvalue weighted by Gasteiger charge is 2.18. The molecular weight excluding hydrogens is 330 g/mol. The molecule has 1 N–H and O–H groups in total. The molecule has 132 valence electrons. The SMILES string of the molecule is CN(C)c1ccc([N+](=O)[O-])cc1C(=O)NCc1cccc2ccccc12. The minimum Gasteiger partial charge on any atom is -0.377 e. The van der Waals surface area contributed by atoms with Crippen LogP contribution >= 0.6 is 0 Å². The second kappa shape index (κ2) is 7.23. The second-order valence-electron chi connectivity index (χ2n) is 6.17. The van der Waals surface area contributed by atoms with Crippen LogP contribution in [-0.2, 0) is 6.54 Å². The minimum absolute atomic E-state index is 0.106. The predicted octanol–water partition coefficient (Wildman–Crippen LogP) is 3.74. The Morgan fingerprint density at radius 3 is 2.54 bits per heavy atom. The molecule has 0 aliphatic rings. The summed E-state index contributed by atoms with van der Waals surface area (Å²) in [6.45, 7) is 0.343. The number of nitrogens with one attached hydrogen (secondary N) is 1. The standard InChI is InChI=1S/C20H19N3O3/c1-22(2)19-11-10-16(23(25)26)12-18(19)20(24)21-13-15-8-5-7-14-6-3-4-9-17(14)15/h3-12H,13H2,1-2H3,(H,21,24). The lowest BCUT2D eigenvalue weighted by molar-refractivity contribution is -0.384. The largest absolute Gasteiger partial charge is 0.377 e. The van der Waals surface area contributed by atoms with Gasteiger partial charge in [-0.05, 0) is 22.4 Å². The van der Waals surface area contributed by atoms with E-state index in [0.29, 0.717) is 12.2 Å². The number of hydrogen-bond donors (Lipinski definition) is 1. The molecule has 6 heteroatoms. The van der Waals surface area contributed by atoms with E-state index in [2.05, 4.69) is 5.32 Å². The molecule has 0 saturated carbocycles. The van der Waals surface area contributed by atoms with Gasteiger partial charge in [-0.25, -0.2) is 0 Å². The van der Waals surface area contributed by atoms with Crippen LogP contribution in [0.15, 0.2) is 60.7 Å². The molecule has 0 bridgehead atoms. The second-order valence-corrected chi connectivity index (χ2v) is 6.17. The Kier molecular flexibility index (Phi) is 4.84. The van der Waals surface area contributed by atoms with Crippen LogP contribution in [0.25, 0.3) is 10.8 Å². The van der Waals surface area contributed by atoms with E-state index in [9.17, 15) is 14.9 Å². The number of hydrogen-bond acceptors (Lipinski definition) is 4. The maximum absolute atomic E-state index is 12.7. The summed E-state index contributed by atoms with van der Waals surface area (Å²) in [6, 6.07) is 18.2. The lowest BCUT2D eigenvalue weighted by Crippen LogP contribution is -2.25. The van der Waals surface area contributed by atoms with E-state index in [1.165, 1.54) is 12.1 Å². The van der Waals surface area contributed by atoms with Gasteiger partial charge >= 0.3 is 0 Å². The van der Waals surface area contributed by atoms with Gasteiger partial charge in [-0.15, -0.1) is 0 Å². The normalized spacial score (nSPS) is 10.5. The van der Waals surface area contributed by atoms with Gasteiger partial charge in [0.25, 0.3) is 11.6 Å². The molecule has 0 aliphatic carbocycles. The monoisotopic (exact) mass is 349 g/mol. The molecule has 0 radical (unpaired) electrons. The van der Waals surface area contributed by atoms with Gasteiger partial charge in [0.1, 0.15) is 0 Å². The van der Waals surface area contributed by atoms with Gasteiger partial charge in [-0.3, -0.25) is 14.9 Å². The summed E-state index contributed by atoms with van der Waals surface area (Å²) in [5.41, 5.74) is 1.80. The van der Waals surface area contributed by atoms with Crippen LogP contribution in [0.5, 0.6) is 0 Å². The zero-order chi connectivity index (χ0) is 18.7. The number of carbonyl (C=O) groups is 1. The first-order valence-electron chi connectivity index (χ1n) is 8.18. The molecule has 0 saturated heterocycles. The van der Waals surface area contributed by atoms with Crippen molar-refractivity contribution in [2.75, 3.05) is 19.0 Å². The van der Waals surface area contributed by atoms with Crippen LogP contribution in [-0.4, -0.2) is 24.9 Å². The van der Waals surface area contributed by atoms with Crippen LogP contribution in [0, 0.1) is 10.1 Å². The van der Waals surface area contributed by atoms with E-state index in [0.717, 1.165) is 16.3 Å². The number of benzene rings is 3. The Bertz CT molecular complexity index is 978. The van der Waals surface area contributed by atoms with Gasteiger partial charge in [0, 0.05) is 38.5 Å². The first kappa shape index (κ1) is 17.4. The number of nitro benzene ring substituents is 1. The van der Waals surface area contributed by atoms with E-state index in [-0.39, 0.29) is 17.2 Å². The van der Waals surface area contributed by atoms with Crippen LogP contribution in [0.1, 0.15) is 15.9 Å². The first-order valence-corrected chi connectivity index (χ1v) is 8.18. The van der Waals surface area contributed by atoms with Crippen LogP contribution in [0.2, 0.25) is 0 Å².